The van der Waals surface area contributed by atoms with Gasteiger partial charge in [0, 0.05) is 25.0 Å². The fourth-order valence-electron chi connectivity index (χ4n) is 2.17. The molecule has 0 aromatic carbocycles. The van der Waals surface area contributed by atoms with Crippen molar-refractivity contribution in [1.29, 1.82) is 0 Å². The lowest BCUT2D eigenvalue weighted by Crippen LogP contribution is -2.31. The maximum absolute atomic E-state index is 13.0. The van der Waals surface area contributed by atoms with Crippen molar-refractivity contribution in [2.45, 2.75) is 31.6 Å². The van der Waals surface area contributed by atoms with Gasteiger partial charge in [-0.1, -0.05) is 0 Å². The third-order valence-electron chi connectivity index (χ3n) is 3.34. The van der Waals surface area contributed by atoms with E-state index in [1.807, 2.05) is 0 Å². The van der Waals surface area contributed by atoms with Crippen LogP contribution in [-0.4, -0.2) is 27.9 Å². The fourth-order valence-corrected chi connectivity index (χ4v) is 2.17. The number of halogens is 2. The molecule has 1 saturated carbocycles. The summed E-state index contributed by atoms with van der Waals surface area (Å²) in [7, 11) is 0. The van der Waals surface area contributed by atoms with Crippen LogP contribution in [0.5, 0.6) is 0 Å². The number of rotatable bonds is 3. The number of nitrogens with one attached hydrogen (secondary N) is 1. The second-order valence-corrected chi connectivity index (χ2v) is 4.89. The summed E-state index contributed by atoms with van der Waals surface area (Å²) >= 11 is 0. The van der Waals surface area contributed by atoms with Crippen LogP contribution in [-0.2, 0) is 4.79 Å². The predicted octanol–water partition coefficient (Wildman–Crippen LogP) is 2.54. The summed E-state index contributed by atoms with van der Waals surface area (Å²) in [6, 6.07) is 1.28. The van der Waals surface area contributed by atoms with Crippen molar-refractivity contribution in [2.24, 2.45) is 5.92 Å². The molecule has 0 bridgehead atoms. The number of aromatic nitrogens is 1. The summed E-state index contributed by atoms with van der Waals surface area (Å²) in [5.41, 5.74) is 0.213. The number of nitrogens with zero attached hydrogens (tertiary/aromatic N) is 1. The number of hydrogen-bond donors (Lipinski definition) is 2. The Bertz CT molecular complexity index is 524. The molecule has 20 heavy (non-hydrogen) atoms. The third kappa shape index (κ3) is 3.49. The summed E-state index contributed by atoms with van der Waals surface area (Å²) in [4.78, 5) is 26.4. The van der Waals surface area contributed by atoms with Crippen molar-refractivity contribution in [1.82, 2.24) is 4.98 Å². The van der Waals surface area contributed by atoms with Gasteiger partial charge in [0.2, 0.25) is 11.8 Å². The van der Waals surface area contributed by atoms with Gasteiger partial charge in [-0.15, -0.1) is 0 Å². The Kier molecular flexibility index (Phi) is 3.96. The van der Waals surface area contributed by atoms with Crippen LogP contribution >= 0.6 is 0 Å². The third-order valence-corrected chi connectivity index (χ3v) is 3.34. The van der Waals surface area contributed by atoms with Gasteiger partial charge >= 0.3 is 5.97 Å². The highest BCUT2D eigenvalue weighted by molar-refractivity contribution is 5.94. The molecule has 2 rings (SSSR count). The first-order valence-corrected chi connectivity index (χ1v) is 6.24. The van der Waals surface area contributed by atoms with Gasteiger partial charge in [-0.05, 0) is 18.9 Å². The zero-order chi connectivity index (χ0) is 14.8. The Balaban J connectivity index is 1.98. The molecule has 0 aliphatic heterocycles. The zero-order valence-electron chi connectivity index (χ0n) is 10.6. The normalized spacial score (nSPS) is 18.5. The summed E-state index contributed by atoms with van der Waals surface area (Å²) < 4.78 is 26.0. The van der Waals surface area contributed by atoms with Crippen molar-refractivity contribution in [2.75, 3.05) is 5.32 Å². The number of anilines is 1. The quantitative estimate of drug-likeness (QED) is 0.894. The minimum absolute atomic E-state index is 0.0435. The first-order chi connectivity index (χ1) is 9.37. The summed E-state index contributed by atoms with van der Waals surface area (Å²) in [5.74, 6) is -4.67. The van der Waals surface area contributed by atoms with Crippen LogP contribution in [0.15, 0.2) is 18.5 Å². The average molecular weight is 284 g/mol. The monoisotopic (exact) mass is 284 g/mol. The van der Waals surface area contributed by atoms with Crippen molar-refractivity contribution in [3.8, 4) is 0 Å². The van der Waals surface area contributed by atoms with Crippen LogP contribution in [0, 0.1) is 5.92 Å². The molecule has 1 aromatic heterocycles. The fraction of sp³-hybridized carbons (Fsp3) is 0.462. The van der Waals surface area contributed by atoms with E-state index in [9.17, 15) is 18.4 Å². The number of pyridine rings is 1. The summed E-state index contributed by atoms with van der Waals surface area (Å²) in [5, 5.41) is 11.3. The number of carbonyl (C=O) groups excluding carboxylic acids is 1. The zero-order valence-corrected chi connectivity index (χ0v) is 10.6. The van der Waals surface area contributed by atoms with Crippen LogP contribution in [0.3, 0.4) is 0 Å². The molecule has 1 aliphatic rings. The molecule has 0 unspecified atom stereocenters. The Hall–Kier alpha value is -2.05. The van der Waals surface area contributed by atoms with Crippen LogP contribution in [0.1, 0.15) is 36.0 Å². The molecule has 0 atom stereocenters. The predicted molar refractivity (Wildman–Crippen MR) is 66.7 cm³/mol. The number of carboxylic acids is 1. The van der Waals surface area contributed by atoms with Gasteiger partial charge in [0.15, 0.2) is 0 Å². The van der Waals surface area contributed by atoms with Crippen molar-refractivity contribution >= 4 is 17.6 Å². The van der Waals surface area contributed by atoms with Crippen molar-refractivity contribution in [3.05, 3.63) is 24.0 Å². The highest BCUT2D eigenvalue weighted by atomic mass is 19.3. The lowest BCUT2D eigenvalue weighted by Gasteiger charge is -2.27. The molecular weight excluding hydrogens is 270 g/mol. The molecule has 108 valence electrons. The van der Waals surface area contributed by atoms with Gasteiger partial charge in [-0.2, -0.15) is 0 Å². The topological polar surface area (TPSA) is 79.3 Å². The number of alkyl halides is 2. The molecule has 1 amide bonds. The van der Waals surface area contributed by atoms with Crippen LogP contribution in [0.25, 0.3) is 0 Å². The van der Waals surface area contributed by atoms with Crippen LogP contribution < -0.4 is 5.32 Å². The van der Waals surface area contributed by atoms with Crippen LogP contribution in [0.2, 0.25) is 0 Å². The molecule has 7 heteroatoms. The standard InChI is InChI=1S/C13H14F2N2O3/c14-13(15)3-1-8(2-4-13)11(18)17-10-5-9(12(19)20)6-16-7-10/h5-8H,1-4H2,(H,17,18)(H,19,20). The van der Waals surface area contributed by atoms with Gasteiger partial charge < -0.3 is 10.4 Å². The van der Waals surface area contributed by atoms with Crippen molar-refractivity contribution in [3.63, 3.8) is 0 Å². The second-order valence-electron chi connectivity index (χ2n) is 4.89. The lowest BCUT2D eigenvalue weighted by molar-refractivity contribution is -0.124. The Morgan fingerprint density at radius 3 is 2.55 bits per heavy atom. The van der Waals surface area contributed by atoms with Gasteiger partial charge in [0.1, 0.15) is 0 Å². The molecule has 2 N–H and O–H groups in total. The minimum Gasteiger partial charge on any atom is -0.478 e. The Morgan fingerprint density at radius 1 is 1.30 bits per heavy atom. The molecule has 5 nitrogen and oxygen atoms in total. The van der Waals surface area contributed by atoms with E-state index >= 15 is 0 Å². The minimum atomic E-state index is -2.68. The molecule has 0 spiro atoms. The smallest absolute Gasteiger partial charge is 0.337 e. The van der Waals surface area contributed by atoms with Crippen molar-refractivity contribution < 1.29 is 23.5 Å². The second kappa shape index (κ2) is 5.52. The number of aromatic carboxylic acids is 1. The average Bonchev–Trinajstić information content (AvgIpc) is 2.38. The lowest BCUT2D eigenvalue weighted by atomic mass is 9.86. The van der Waals surface area contributed by atoms with E-state index in [0.29, 0.717) is 0 Å². The summed E-state index contributed by atoms with van der Waals surface area (Å²) in [6.07, 6.45) is 2.16. The van der Waals surface area contributed by atoms with E-state index < -0.39 is 17.8 Å². The van der Waals surface area contributed by atoms with Gasteiger partial charge in [-0.25, -0.2) is 13.6 Å². The largest absolute Gasteiger partial charge is 0.478 e. The maximum atomic E-state index is 13.0. The van der Waals surface area contributed by atoms with Gasteiger partial charge in [0.25, 0.3) is 0 Å². The van der Waals surface area contributed by atoms with E-state index in [1.54, 1.807) is 0 Å². The number of hydrogen-bond acceptors (Lipinski definition) is 3. The van der Waals surface area contributed by atoms with E-state index in [4.69, 9.17) is 5.11 Å². The number of amides is 1. The maximum Gasteiger partial charge on any atom is 0.337 e. The van der Waals surface area contributed by atoms with Crippen LogP contribution in [0.4, 0.5) is 14.5 Å². The molecular formula is C13H14F2N2O3. The molecule has 0 saturated heterocycles. The van der Waals surface area contributed by atoms with E-state index in [-0.39, 0.29) is 42.8 Å². The molecule has 1 heterocycles. The SMILES string of the molecule is O=C(O)c1cncc(NC(=O)C2CCC(F)(F)CC2)c1. The Morgan fingerprint density at radius 2 is 1.95 bits per heavy atom. The first kappa shape index (κ1) is 14.4. The van der Waals surface area contributed by atoms with Gasteiger partial charge in [-0.3, -0.25) is 9.78 Å². The number of carbonyl (C=O) groups is 2. The Labute approximate surface area is 114 Å². The number of carboxylic acid groups (broad SMARTS) is 1. The molecule has 1 aromatic rings. The molecule has 1 fully saturated rings. The van der Waals surface area contributed by atoms with E-state index in [2.05, 4.69) is 10.3 Å². The van der Waals surface area contributed by atoms with E-state index in [1.165, 1.54) is 18.5 Å². The highest BCUT2D eigenvalue weighted by Crippen LogP contribution is 2.36. The molecule has 0 radical (unpaired) electrons. The first-order valence-electron chi connectivity index (χ1n) is 6.24. The molecule has 1 aliphatic carbocycles. The van der Waals surface area contributed by atoms with Gasteiger partial charge in [0.05, 0.1) is 17.4 Å². The summed E-state index contributed by atoms with van der Waals surface area (Å²) in [6.45, 7) is 0. The highest BCUT2D eigenvalue weighted by Gasteiger charge is 2.37. The van der Waals surface area contributed by atoms with E-state index in [0.717, 1.165) is 0 Å².